The van der Waals surface area contributed by atoms with Crippen molar-refractivity contribution in [2.75, 3.05) is 0 Å². The Bertz CT molecular complexity index is 707. The first-order valence-electron chi connectivity index (χ1n) is 5.99. The van der Waals surface area contributed by atoms with Crippen molar-refractivity contribution in [3.63, 3.8) is 0 Å². The first-order valence-corrected chi connectivity index (χ1v) is 5.99. The molecule has 0 radical (unpaired) electrons. The van der Waals surface area contributed by atoms with E-state index in [0.717, 1.165) is 17.5 Å². The molecule has 0 saturated heterocycles. The van der Waals surface area contributed by atoms with E-state index >= 15 is 0 Å². The highest BCUT2D eigenvalue weighted by Gasteiger charge is 2.13. The number of hydrogen-bond donors (Lipinski definition) is 3. The number of aromatic hydroxyl groups is 1. The van der Waals surface area contributed by atoms with E-state index in [0.29, 0.717) is 0 Å². The van der Waals surface area contributed by atoms with Crippen LogP contribution in [0.2, 0.25) is 0 Å². The van der Waals surface area contributed by atoms with Crippen molar-refractivity contribution in [3.05, 3.63) is 49.8 Å². The van der Waals surface area contributed by atoms with Crippen molar-refractivity contribution in [2.24, 2.45) is 0 Å². The second-order valence-corrected chi connectivity index (χ2v) is 4.17. The van der Waals surface area contributed by atoms with Gasteiger partial charge in [0.25, 0.3) is 5.43 Å². The molecule has 0 aliphatic rings. The van der Waals surface area contributed by atoms with E-state index < -0.39 is 10.9 Å². The number of rotatable bonds is 0. The Hall–Kier alpha value is -2.84. The van der Waals surface area contributed by atoms with Gasteiger partial charge < -0.3 is 5.11 Å². The highest BCUT2D eigenvalue weighted by Crippen LogP contribution is 2.03. The van der Waals surface area contributed by atoms with Gasteiger partial charge in [0.15, 0.2) is 5.75 Å². The zero-order valence-corrected chi connectivity index (χ0v) is 12.1. The SMILES string of the molecule is C.Cc1c(O)c(=O)c1=O.Cc1n[nH]c(C)n1.Cc1ncn[nH]1. The summed E-state index contributed by atoms with van der Waals surface area (Å²) >= 11 is 0. The predicted octanol–water partition coefficient (Wildman–Crippen LogP) is 0.467. The van der Waals surface area contributed by atoms with E-state index in [2.05, 4.69) is 30.4 Å². The number of aromatic amines is 2. The molecule has 0 unspecified atom stereocenters. The molecule has 3 rings (SSSR count). The lowest BCUT2D eigenvalue weighted by Gasteiger charge is -1.94. The Morgan fingerprint density at radius 3 is 1.77 bits per heavy atom. The van der Waals surface area contributed by atoms with Gasteiger partial charge >= 0.3 is 0 Å². The average molecular weight is 308 g/mol. The molecule has 3 aromatic rings. The molecular formula is C13H20N6O3. The Kier molecular flexibility index (Phi) is 7.36. The highest BCUT2D eigenvalue weighted by molar-refractivity contribution is 5.36. The van der Waals surface area contributed by atoms with Gasteiger partial charge in [0.05, 0.1) is 0 Å². The molecule has 0 aliphatic carbocycles. The first kappa shape index (κ1) is 19.2. The summed E-state index contributed by atoms with van der Waals surface area (Å²) in [4.78, 5) is 28.0. The Morgan fingerprint density at radius 1 is 1.00 bits per heavy atom. The van der Waals surface area contributed by atoms with Gasteiger partial charge in [-0.25, -0.2) is 9.97 Å². The fourth-order valence-corrected chi connectivity index (χ4v) is 1.21. The lowest BCUT2D eigenvalue weighted by Crippen LogP contribution is -2.32. The zero-order valence-electron chi connectivity index (χ0n) is 12.1. The molecule has 9 heteroatoms. The van der Waals surface area contributed by atoms with E-state index in [1.165, 1.54) is 13.3 Å². The number of hydrogen-bond acceptors (Lipinski definition) is 7. The Balaban J connectivity index is 0.000000297. The minimum absolute atomic E-state index is 0. The van der Waals surface area contributed by atoms with E-state index in [9.17, 15) is 9.59 Å². The van der Waals surface area contributed by atoms with Crippen LogP contribution in [-0.4, -0.2) is 35.5 Å². The summed E-state index contributed by atoms with van der Waals surface area (Å²) in [6.07, 6.45) is 1.48. The molecule has 2 heterocycles. The van der Waals surface area contributed by atoms with Gasteiger partial charge in [0, 0.05) is 5.56 Å². The van der Waals surface area contributed by atoms with E-state index in [1.54, 1.807) is 0 Å². The van der Waals surface area contributed by atoms with Crippen LogP contribution in [0.15, 0.2) is 15.9 Å². The van der Waals surface area contributed by atoms with Gasteiger partial charge in [0.2, 0.25) is 5.43 Å². The summed E-state index contributed by atoms with van der Waals surface area (Å²) in [5, 5.41) is 21.2. The summed E-state index contributed by atoms with van der Waals surface area (Å²) in [5.74, 6) is 2.15. The van der Waals surface area contributed by atoms with Crippen LogP contribution in [-0.2, 0) is 0 Å². The van der Waals surface area contributed by atoms with Crippen LogP contribution in [0.1, 0.15) is 30.5 Å². The first-order chi connectivity index (χ1) is 9.82. The quantitative estimate of drug-likeness (QED) is 0.513. The fraction of sp³-hybridized carbons (Fsp3) is 0.385. The van der Waals surface area contributed by atoms with Crippen molar-refractivity contribution >= 4 is 0 Å². The second-order valence-electron chi connectivity index (χ2n) is 4.17. The van der Waals surface area contributed by atoms with Crippen LogP contribution in [0.3, 0.4) is 0 Å². The normalized spacial score (nSPS) is 9.09. The van der Waals surface area contributed by atoms with Crippen LogP contribution < -0.4 is 10.9 Å². The summed E-state index contributed by atoms with van der Waals surface area (Å²) in [6.45, 7) is 7.00. The number of aromatic nitrogens is 6. The molecular weight excluding hydrogens is 288 g/mol. The van der Waals surface area contributed by atoms with E-state index in [4.69, 9.17) is 5.11 Å². The fourth-order valence-electron chi connectivity index (χ4n) is 1.21. The molecule has 120 valence electrons. The maximum atomic E-state index is 10.2. The lowest BCUT2D eigenvalue weighted by molar-refractivity contribution is 0.457. The summed E-state index contributed by atoms with van der Waals surface area (Å²) in [6, 6.07) is 0. The summed E-state index contributed by atoms with van der Waals surface area (Å²) in [5.41, 5.74) is -1.15. The smallest absolute Gasteiger partial charge is 0.267 e. The third-order valence-corrected chi connectivity index (χ3v) is 2.36. The molecule has 22 heavy (non-hydrogen) atoms. The van der Waals surface area contributed by atoms with Crippen LogP contribution >= 0.6 is 0 Å². The molecule has 0 saturated carbocycles. The number of H-pyrrole nitrogens is 2. The zero-order chi connectivity index (χ0) is 16.0. The minimum Gasteiger partial charge on any atom is -0.504 e. The van der Waals surface area contributed by atoms with Crippen molar-refractivity contribution in [1.29, 1.82) is 0 Å². The summed E-state index contributed by atoms with van der Waals surface area (Å²) in [7, 11) is 0. The van der Waals surface area contributed by atoms with Gasteiger partial charge in [-0.2, -0.15) is 10.2 Å². The molecule has 3 N–H and O–H groups in total. The van der Waals surface area contributed by atoms with Crippen molar-refractivity contribution < 1.29 is 5.11 Å². The maximum absolute atomic E-state index is 10.2. The molecule has 0 fully saturated rings. The molecule has 0 aliphatic heterocycles. The average Bonchev–Trinajstić information content (AvgIpc) is 3.09. The number of nitrogens with one attached hydrogen (secondary N) is 2. The largest absolute Gasteiger partial charge is 0.504 e. The third-order valence-electron chi connectivity index (χ3n) is 2.36. The van der Waals surface area contributed by atoms with Gasteiger partial charge in [0.1, 0.15) is 23.8 Å². The van der Waals surface area contributed by atoms with E-state index in [-0.39, 0.29) is 18.7 Å². The van der Waals surface area contributed by atoms with Crippen LogP contribution in [0.4, 0.5) is 0 Å². The molecule has 1 aromatic carbocycles. The van der Waals surface area contributed by atoms with Gasteiger partial charge in [-0.3, -0.25) is 19.8 Å². The minimum atomic E-state index is -0.762. The second kappa shape index (κ2) is 8.45. The van der Waals surface area contributed by atoms with Crippen LogP contribution in [0.5, 0.6) is 5.75 Å². The molecule has 0 amide bonds. The van der Waals surface area contributed by atoms with Gasteiger partial charge in [-0.05, 0) is 27.7 Å². The standard InChI is InChI=1S/C5H4O3.C4H7N3.C3H5N3.CH4/c1-2-3(6)5(8)4(2)7;1-3-5-4(2)7-6-3;1-3-4-2-5-6-3;/h6H,1H3;1-2H3,(H,5,6,7);2H,1H3,(H,4,5,6);1H4. The number of nitrogens with zero attached hydrogens (tertiary/aromatic N) is 4. The van der Waals surface area contributed by atoms with Crippen LogP contribution in [0, 0.1) is 27.7 Å². The Morgan fingerprint density at radius 2 is 1.64 bits per heavy atom. The molecule has 0 atom stereocenters. The Labute approximate surface area is 127 Å². The number of aryl methyl sites for hydroxylation is 3. The maximum Gasteiger partial charge on any atom is 0.267 e. The van der Waals surface area contributed by atoms with Crippen molar-refractivity contribution in [2.45, 2.75) is 35.1 Å². The molecule has 2 aromatic heterocycles. The molecule has 0 bridgehead atoms. The van der Waals surface area contributed by atoms with Gasteiger partial charge in [-0.1, -0.05) is 7.43 Å². The lowest BCUT2D eigenvalue weighted by atomic mass is 10.1. The predicted molar refractivity (Wildman–Crippen MR) is 81.5 cm³/mol. The van der Waals surface area contributed by atoms with Crippen molar-refractivity contribution in [1.82, 2.24) is 30.4 Å². The summed E-state index contributed by atoms with van der Waals surface area (Å²) < 4.78 is 0. The topological polar surface area (TPSA) is 138 Å². The van der Waals surface area contributed by atoms with Crippen molar-refractivity contribution in [3.8, 4) is 5.75 Å². The third kappa shape index (κ3) is 5.27. The monoisotopic (exact) mass is 308 g/mol. The van der Waals surface area contributed by atoms with Crippen LogP contribution in [0.25, 0.3) is 0 Å². The molecule has 0 spiro atoms. The van der Waals surface area contributed by atoms with E-state index in [1.807, 2.05) is 20.8 Å². The van der Waals surface area contributed by atoms with Gasteiger partial charge in [-0.15, -0.1) is 0 Å². The highest BCUT2D eigenvalue weighted by atomic mass is 16.3. The molecule has 9 nitrogen and oxygen atoms in total.